The van der Waals surface area contributed by atoms with Crippen molar-refractivity contribution >= 4 is 34.0 Å². The van der Waals surface area contributed by atoms with Crippen LogP contribution in [0.25, 0.3) is 4.96 Å². The SMILES string of the molecule is CSc1nc2sccn2c(=O)c1C(=O)NCc1ccccc1Oc1ccccc1. The Morgan fingerprint density at radius 3 is 2.72 bits per heavy atom. The fourth-order valence-electron chi connectivity index (χ4n) is 2.83. The van der Waals surface area contributed by atoms with Crippen molar-refractivity contribution in [3.05, 3.63) is 87.7 Å². The Balaban J connectivity index is 1.58. The molecule has 1 amide bonds. The van der Waals surface area contributed by atoms with Gasteiger partial charge in [-0.2, -0.15) is 0 Å². The highest BCUT2D eigenvalue weighted by Crippen LogP contribution is 2.25. The maximum Gasteiger partial charge on any atom is 0.272 e. The zero-order valence-corrected chi connectivity index (χ0v) is 17.1. The molecule has 0 bridgehead atoms. The van der Waals surface area contributed by atoms with E-state index < -0.39 is 5.91 Å². The minimum atomic E-state index is -0.457. The maximum absolute atomic E-state index is 12.8. The van der Waals surface area contributed by atoms with E-state index in [2.05, 4.69) is 10.3 Å². The van der Waals surface area contributed by atoms with E-state index in [-0.39, 0.29) is 17.7 Å². The van der Waals surface area contributed by atoms with Crippen LogP contribution in [-0.4, -0.2) is 21.5 Å². The van der Waals surface area contributed by atoms with Crippen LogP contribution >= 0.6 is 23.1 Å². The number of para-hydroxylation sites is 2. The van der Waals surface area contributed by atoms with Gasteiger partial charge in [0.2, 0.25) is 0 Å². The van der Waals surface area contributed by atoms with Gasteiger partial charge in [0.15, 0.2) is 4.96 Å². The predicted octanol–water partition coefficient (Wildman–Crippen LogP) is 4.20. The predicted molar refractivity (Wildman–Crippen MR) is 115 cm³/mol. The van der Waals surface area contributed by atoms with Crippen LogP contribution in [0.3, 0.4) is 0 Å². The number of nitrogens with zero attached hydrogens (tertiary/aromatic N) is 2. The van der Waals surface area contributed by atoms with Crippen molar-refractivity contribution in [2.45, 2.75) is 11.6 Å². The second-order valence-corrected chi connectivity index (χ2v) is 7.73. The first-order valence-corrected chi connectivity index (χ1v) is 10.9. The van der Waals surface area contributed by atoms with Gasteiger partial charge in [0.1, 0.15) is 22.1 Å². The average molecular weight is 424 g/mol. The molecule has 2 aromatic heterocycles. The number of aromatic nitrogens is 2. The molecule has 6 nitrogen and oxygen atoms in total. The number of ether oxygens (including phenoxy) is 1. The molecule has 0 aliphatic carbocycles. The fourth-order valence-corrected chi connectivity index (χ4v) is 4.16. The Labute approximate surface area is 175 Å². The molecule has 0 saturated heterocycles. The molecule has 146 valence electrons. The first-order valence-electron chi connectivity index (χ1n) is 8.80. The summed E-state index contributed by atoms with van der Waals surface area (Å²) >= 11 is 2.63. The Hall–Kier alpha value is -3.10. The molecule has 0 aliphatic rings. The van der Waals surface area contributed by atoms with Crippen molar-refractivity contribution < 1.29 is 9.53 Å². The quantitative estimate of drug-likeness (QED) is 0.372. The lowest BCUT2D eigenvalue weighted by Gasteiger charge is -2.12. The molecule has 0 atom stereocenters. The molecule has 2 aromatic carbocycles. The topological polar surface area (TPSA) is 72.7 Å². The molecule has 0 fully saturated rings. The smallest absolute Gasteiger partial charge is 0.272 e. The lowest BCUT2D eigenvalue weighted by Crippen LogP contribution is -2.32. The zero-order chi connectivity index (χ0) is 20.2. The van der Waals surface area contributed by atoms with E-state index in [1.54, 1.807) is 17.8 Å². The normalized spacial score (nSPS) is 10.8. The molecular weight excluding hydrogens is 406 g/mol. The zero-order valence-electron chi connectivity index (χ0n) is 15.5. The van der Waals surface area contributed by atoms with Crippen LogP contribution in [0.4, 0.5) is 0 Å². The van der Waals surface area contributed by atoms with E-state index >= 15 is 0 Å². The number of thiazole rings is 1. The average Bonchev–Trinajstić information content (AvgIpc) is 3.22. The van der Waals surface area contributed by atoms with E-state index in [0.717, 1.165) is 5.56 Å². The molecular formula is C21H17N3O3S2. The number of nitrogens with one attached hydrogen (secondary N) is 1. The highest BCUT2D eigenvalue weighted by molar-refractivity contribution is 7.98. The van der Waals surface area contributed by atoms with E-state index in [1.165, 1.54) is 27.5 Å². The van der Waals surface area contributed by atoms with Crippen LogP contribution in [0.1, 0.15) is 15.9 Å². The molecule has 29 heavy (non-hydrogen) atoms. The fraction of sp³-hybridized carbons (Fsp3) is 0.0952. The minimum absolute atomic E-state index is 0.0508. The van der Waals surface area contributed by atoms with E-state index in [4.69, 9.17) is 4.74 Å². The first-order chi connectivity index (χ1) is 14.2. The van der Waals surface area contributed by atoms with Gasteiger partial charge in [-0.15, -0.1) is 23.1 Å². The molecule has 1 N–H and O–H groups in total. The largest absolute Gasteiger partial charge is 0.457 e. The summed E-state index contributed by atoms with van der Waals surface area (Å²) in [7, 11) is 0. The van der Waals surface area contributed by atoms with E-state index in [1.807, 2.05) is 54.6 Å². The van der Waals surface area contributed by atoms with Crippen LogP contribution < -0.4 is 15.6 Å². The summed E-state index contributed by atoms with van der Waals surface area (Å²) in [5.41, 5.74) is 0.488. The molecule has 0 spiro atoms. The molecule has 0 saturated carbocycles. The van der Waals surface area contributed by atoms with Crippen molar-refractivity contribution in [3.8, 4) is 11.5 Å². The summed E-state index contributed by atoms with van der Waals surface area (Å²) in [5, 5.41) is 5.02. The van der Waals surface area contributed by atoms with Gasteiger partial charge >= 0.3 is 0 Å². The van der Waals surface area contributed by atoms with Gasteiger partial charge in [0.05, 0.1) is 0 Å². The third-order valence-electron chi connectivity index (χ3n) is 4.24. The Kier molecular flexibility index (Phi) is 5.64. The van der Waals surface area contributed by atoms with Crippen molar-refractivity contribution in [1.82, 2.24) is 14.7 Å². The van der Waals surface area contributed by atoms with Crippen LogP contribution in [-0.2, 0) is 6.54 Å². The molecule has 0 unspecified atom stereocenters. The second-order valence-electron chi connectivity index (χ2n) is 6.06. The van der Waals surface area contributed by atoms with Gasteiger partial charge in [-0.05, 0) is 24.5 Å². The standard InChI is InChI=1S/C21H17N3O3S2/c1-28-19-17(20(26)24-11-12-29-21(24)23-19)18(25)22-13-14-7-5-6-10-16(14)27-15-8-3-2-4-9-15/h2-12H,13H2,1H3,(H,22,25). The third-order valence-corrected chi connectivity index (χ3v) is 5.68. The second kappa shape index (κ2) is 8.50. The Morgan fingerprint density at radius 2 is 1.93 bits per heavy atom. The summed E-state index contributed by atoms with van der Waals surface area (Å²) < 4.78 is 7.33. The van der Waals surface area contributed by atoms with Gasteiger partial charge in [-0.25, -0.2) is 4.98 Å². The summed E-state index contributed by atoms with van der Waals surface area (Å²) in [6.07, 6.45) is 3.42. The monoisotopic (exact) mass is 423 g/mol. The number of fused-ring (bicyclic) bond motifs is 1. The van der Waals surface area contributed by atoms with Crippen LogP contribution in [0.15, 0.2) is 76.0 Å². The summed E-state index contributed by atoms with van der Waals surface area (Å²) in [6, 6.07) is 16.9. The van der Waals surface area contributed by atoms with Gasteiger partial charge in [-0.1, -0.05) is 36.4 Å². The number of carbonyl (C=O) groups is 1. The molecule has 4 aromatic rings. The van der Waals surface area contributed by atoms with Crippen molar-refractivity contribution in [2.75, 3.05) is 6.26 Å². The highest BCUT2D eigenvalue weighted by atomic mass is 32.2. The molecule has 8 heteroatoms. The van der Waals surface area contributed by atoms with E-state index in [0.29, 0.717) is 21.5 Å². The van der Waals surface area contributed by atoms with Gasteiger partial charge in [0, 0.05) is 23.7 Å². The summed E-state index contributed by atoms with van der Waals surface area (Å²) in [5.74, 6) is 0.899. The lowest BCUT2D eigenvalue weighted by molar-refractivity contribution is 0.0945. The van der Waals surface area contributed by atoms with Gasteiger partial charge in [0.25, 0.3) is 11.5 Å². The third kappa shape index (κ3) is 4.03. The number of carbonyl (C=O) groups excluding carboxylic acids is 1. The molecule has 0 radical (unpaired) electrons. The number of benzene rings is 2. The number of rotatable bonds is 6. The first kappa shape index (κ1) is 19.2. The summed E-state index contributed by atoms with van der Waals surface area (Å²) in [6.45, 7) is 0.224. The molecule has 0 aliphatic heterocycles. The van der Waals surface area contributed by atoms with Crippen LogP contribution in [0.5, 0.6) is 11.5 Å². The Morgan fingerprint density at radius 1 is 1.17 bits per heavy atom. The molecule has 4 rings (SSSR count). The van der Waals surface area contributed by atoms with Crippen LogP contribution in [0, 0.1) is 0 Å². The van der Waals surface area contributed by atoms with E-state index in [9.17, 15) is 9.59 Å². The molecule has 2 heterocycles. The number of hydrogen-bond acceptors (Lipinski definition) is 6. The maximum atomic E-state index is 12.8. The van der Waals surface area contributed by atoms with Gasteiger partial charge in [-0.3, -0.25) is 14.0 Å². The van der Waals surface area contributed by atoms with Crippen molar-refractivity contribution in [1.29, 1.82) is 0 Å². The lowest BCUT2D eigenvalue weighted by atomic mass is 10.2. The number of hydrogen-bond donors (Lipinski definition) is 1. The number of thioether (sulfide) groups is 1. The van der Waals surface area contributed by atoms with Crippen LogP contribution in [0.2, 0.25) is 0 Å². The minimum Gasteiger partial charge on any atom is -0.457 e. The van der Waals surface area contributed by atoms with Crippen molar-refractivity contribution in [3.63, 3.8) is 0 Å². The van der Waals surface area contributed by atoms with Crippen molar-refractivity contribution in [2.24, 2.45) is 0 Å². The number of amides is 1. The van der Waals surface area contributed by atoms with Gasteiger partial charge < -0.3 is 10.1 Å². The Bertz CT molecular complexity index is 1220. The highest BCUT2D eigenvalue weighted by Gasteiger charge is 2.20. The summed E-state index contributed by atoms with van der Waals surface area (Å²) in [4.78, 5) is 30.6.